The van der Waals surface area contributed by atoms with E-state index in [2.05, 4.69) is 56.1 Å². The number of hydrogen-bond acceptors (Lipinski definition) is 2. The van der Waals surface area contributed by atoms with Gasteiger partial charge < -0.3 is 10.2 Å². The van der Waals surface area contributed by atoms with Gasteiger partial charge in [0.05, 0.1) is 0 Å². The number of piperazine rings is 1. The molecule has 20 heavy (non-hydrogen) atoms. The average molecular weight is 272 g/mol. The Labute approximate surface area is 123 Å². The van der Waals surface area contributed by atoms with Gasteiger partial charge in [-0.05, 0) is 55.7 Å². The number of benzene rings is 1. The molecule has 0 radical (unpaired) electrons. The van der Waals surface area contributed by atoms with Gasteiger partial charge in [0, 0.05) is 30.9 Å². The first kappa shape index (κ1) is 13.9. The summed E-state index contributed by atoms with van der Waals surface area (Å²) in [6.45, 7) is 11.5. The molecule has 0 aromatic heterocycles. The van der Waals surface area contributed by atoms with Crippen molar-refractivity contribution in [1.29, 1.82) is 0 Å². The van der Waals surface area contributed by atoms with Crippen LogP contribution in [0.2, 0.25) is 0 Å². The largest absolute Gasteiger partial charge is 0.365 e. The molecule has 2 atom stereocenters. The summed E-state index contributed by atoms with van der Waals surface area (Å²) in [5, 5.41) is 3.80. The highest BCUT2D eigenvalue weighted by Crippen LogP contribution is 2.36. The monoisotopic (exact) mass is 272 g/mol. The molecule has 2 fully saturated rings. The summed E-state index contributed by atoms with van der Waals surface area (Å²) in [6.07, 6.45) is 2.84. The predicted molar refractivity (Wildman–Crippen MR) is 86.4 cm³/mol. The molecule has 2 heteroatoms. The Balaban J connectivity index is 1.89. The lowest BCUT2D eigenvalue weighted by atomic mass is 9.95. The smallest absolute Gasteiger partial charge is 0.0438 e. The standard InChI is InChI=1S/C18H28N2/c1-12(2)18-10-19-16(15-7-8-15)11-20(18)17-9-13(3)5-6-14(17)4/h5-6,9,12,15-16,18-19H,7-8,10-11H2,1-4H3. The minimum absolute atomic E-state index is 0.616. The maximum Gasteiger partial charge on any atom is 0.0438 e. The van der Waals surface area contributed by atoms with Crippen LogP contribution in [0.15, 0.2) is 18.2 Å². The number of nitrogens with one attached hydrogen (secondary N) is 1. The Morgan fingerprint density at radius 1 is 1.20 bits per heavy atom. The van der Waals surface area contributed by atoms with E-state index in [-0.39, 0.29) is 0 Å². The minimum atomic E-state index is 0.616. The second kappa shape index (κ2) is 5.40. The van der Waals surface area contributed by atoms with E-state index in [1.165, 1.54) is 36.2 Å². The second-order valence-electron chi connectivity index (χ2n) is 7.11. The van der Waals surface area contributed by atoms with Crippen LogP contribution in [0.25, 0.3) is 0 Å². The average Bonchev–Trinajstić information content (AvgIpc) is 3.25. The fraction of sp³-hybridized carbons (Fsp3) is 0.667. The summed E-state index contributed by atoms with van der Waals surface area (Å²) in [6, 6.07) is 8.19. The Morgan fingerprint density at radius 2 is 1.95 bits per heavy atom. The fourth-order valence-electron chi connectivity index (χ4n) is 3.51. The summed E-state index contributed by atoms with van der Waals surface area (Å²) < 4.78 is 0. The molecule has 1 saturated heterocycles. The molecular formula is C18H28N2. The Kier molecular flexibility index (Phi) is 3.76. The zero-order chi connectivity index (χ0) is 14.3. The Morgan fingerprint density at radius 3 is 2.60 bits per heavy atom. The van der Waals surface area contributed by atoms with Crippen LogP contribution in [0.4, 0.5) is 5.69 Å². The molecule has 1 aromatic rings. The van der Waals surface area contributed by atoms with E-state index < -0.39 is 0 Å². The van der Waals surface area contributed by atoms with E-state index in [1.54, 1.807) is 0 Å². The molecule has 1 saturated carbocycles. The van der Waals surface area contributed by atoms with Crippen molar-refractivity contribution in [1.82, 2.24) is 5.32 Å². The highest BCUT2D eigenvalue weighted by Gasteiger charge is 2.38. The molecule has 1 aliphatic heterocycles. The van der Waals surface area contributed by atoms with Gasteiger partial charge in [-0.25, -0.2) is 0 Å². The normalized spacial score (nSPS) is 27.1. The van der Waals surface area contributed by atoms with Gasteiger partial charge in [-0.1, -0.05) is 26.0 Å². The van der Waals surface area contributed by atoms with Crippen LogP contribution < -0.4 is 10.2 Å². The van der Waals surface area contributed by atoms with Crippen molar-refractivity contribution in [3.05, 3.63) is 29.3 Å². The summed E-state index contributed by atoms with van der Waals surface area (Å²) in [5.74, 6) is 1.61. The molecule has 1 aliphatic carbocycles. The van der Waals surface area contributed by atoms with Crippen molar-refractivity contribution in [3.63, 3.8) is 0 Å². The minimum Gasteiger partial charge on any atom is -0.365 e. The third-order valence-corrected chi connectivity index (χ3v) is 5.02. The highest BCUT2D eigenvalue weighted by atomic mass is 15.2. The van der Waals surface area contributed by atoms with Crippen LogP contribution in [0, 0.1) is 25.7 Å². The van der Waals surface area contributed by atoms with Gasteiger partial charge >= 0.3 is 0 Å². The molecule has 3 rings (SSSR count). The van der Waals surface area contributed by atoms with E-state index >= 15 is 0 Å². The summed E-state index contributed by atoms with van der Waals surface area (Å²) >= 11 is 0. The van der Waals surface area contributed by atoms with Gasteiger partial charge in [0.1, 0.15) is 0 Å². The topological polar surface area (TPSA) is 15.3 Å². The van der Waals surface area contributed by atoms with Crippen molar-refractivity contribution < 1.29 is 0 Å². The molecule has 2 nitrogen and oxygen atoms in total. The zero-order valence-electron chi connectivity index (χ0n) is 13.3. The van der Waals surface area contributed by atoms with Gasteiger partial charge in [-0.2, -0.15) is 0 Å². The van der Waals surface area contributed by atoms with Crippen LogP contribution >= 0.6 is 0 Å². The zero-order valence-corrected chi connectivity index (χ0v) is 13.3. The maximum atomic E-state index is 3.80. The number of nitrogens with zero attached hydrogens (tertiary/aromatic N) is 1. The molecule has 2 unspecified atom stereocenters. The lowest BCUT2D eigenvalue weighted by molar-refractivity contribution is 0.320. The van der Waals surface area contributed by atoms with Gasteiger partial charge in [0.25, 0.3) is 0 Å². The molecule has 1 N–H and O–H groups in total. The van der Waals surface area contributed by atoms with Crippen LogP contribution in [-0.4, -0.2) is 25.2 Å². The van der Waals surface area contributed by atoms with E-state index in [9.17, 15) is 0 Å². The molecule has 0 bridgehead atoms. The molecule has 0 amide bonds. The SMILES string of the molecule is Cc1ccc(C)c(N2CC(C3CC3)NCC2C(C)C)c1. The van der Waals surface area contributed by atoms with Crippen molar-refractivity contribution in [2.24, 2.45) is 11.8 Å². The van der Waals surface area contributed by atoms with Gasteiger partial charge in [0.2, 0.25) is 0 Å². The Hall–Kier alpha value is -1.02. The third-order valence-electron chi connectivity index (χ3n) is 5.02. The molecule has 0 spiro atoms. The molecule has 1 heterocycles. The van der Waals surface area contributed by atoms with E-state index in [1.807, 2.05) is 0 Å². The number of aryl methyl sites for hydroxylation is 2. The third kappa shape index (κ3) is 2.71. The quantitative estimate of drug-likeness (QED) is 0.906. The second-order valence-corrected chi connectivity index (χ2v) is 7.11. The summed E-state index contributed by atoms with van der Waals surface area (Å²) in [7, 11) is 0. The lowest BCUT2D eigenvalue weighted by Crippen LogP contribution is -2.59. The Bertz CT molecular complexity index is 476. The molecule has 110 valence electrons. The van der Waals surface area contributed by atoms with Crippen LogP contribution in [0.3, 0.4) is 0 Å². The van der Waals surface area contributed by atoms with Gasteiger partial charge in [0.15, 0.2) is 0 Å². The molecule has 2 aliphatic rings. The number of hydrogen-bond donors (Lipinski definition) is 1. The van der Waals surface area contributed by atoms with E-state index in [0.717, 1.165) is 12.5 Å². The summed E-state index contributed by atoms with van der Waals surface area (Å²) in [4.78, 5) is 2.69. The maximum absolute atomic E-state index is 3.80. The highest BCUT2D eigenvalue weighted by molar-refractivity contribution is 5.56. The first-order valence-electron chi connectivity index (χ1n) is 8.13. The van der Waals surface area contributed by atoms with Crippen LogP contribution in [-0.2, 0) is 0 Å². The molecular weight excluding hydrogens is 244 g/mol. The van der Waals surface area contributed by atoms with Crippen molar-refractivity contribution in [2.75, 3.05) is 18.0 Å². The van der Waals surface area contributed by atoms with E-state index in [4.69, 9.17) is 0 Å². The predicted octanol–water partition coefficient (Wildman–Crippen LogP) is 3.52. The molecule has 1 aromatic carbocycles. The van der Waals surface area contributed by atoms with Crippen molar-refractivity contribution in [2.45, 2.75) is 52.6 Å². The van der Waals surface area contributed by atoms with Crippen molar-refractivity contribution >= 4 is 5.69 Å². The van der Waals surface area contributed by atoms with Crippen molar-refractivity contribution in [3.8, 4) is 0 Å². The fourth-order valence-corrected chi connectivity index (χ4v) is 3.51. The summed E-state index contributed by atoms with van der Waals surface area (Å²) in [5.41, 5.74) is 4.24. The first-order chi connectivity index (χ1) is 9.56. The number of rotatable bonds is 3. The van der Waals surface area contributed by atoms with Gasteiger partial charge in [-0.15, -0.1) is 0 Å². The van der Waals surface area contributed by atoms with Crippen LogP contribution in [0.1, 0.15) is 37.8 Å². The number of anilines is 1. The lowest BCUT2D eigenvalue weighted by Gasteiger charge is -2.45. The van der Waals surface area contributed by atoms with E-state index in [0.29, 0.717) is 18.0 Å². The van der Waals surface area contributed by atoms with Crippen LogP contribution in [0.5, 0.6) is 0 Å². The van der Waals surface area contributed by atoms with Gasteiger partial charge in [-0.3, -0.25) is 0 Å². The first-order valence-corrected chi connectivity index (χ1v) is 8.13.